The molecule has 1 atom stereocenters. The van der Waals surface area contributed by atoms with Crippen molar-refractivity contribution in [1.82, 2.24) is 0 Å². The number of nitrogens with one attached hydrogen (secondary N) is 1. The van der Waals surface area contributed by atoms with Gasteiger partial charge in [0.2, 0.25) is 0 Å². The highest BCUT2D eigenvalue weighted by Gasteiger charge is 2.34. The van der Waals surface area contributed by atoms with Crippen molar-refractivity contribution in [3.8, 4) is 5.75 Å². The average Bonchev–Trinajstić information content (AvgIpc) is 2.59. The summed E-state index contributed by atoms with van der Waals surface area (Å²) in [7, 11) is 0. The SMILES string of the molecule is CC1(C)CCC(Nc2ccccc2OC(F)(F)F)C1. The van der Waals surface area contributed by atoms with Gasteiger partial charge >= 0.3 is 6.36 Å². The van der Waals surface area contributed by atoms with Gasteiger partial charge in [0.25, 0.3) is 0 Å². The molecule has 1 saturated carbocycles. The van der Waals surface area contributed by atoms with E-state index in [0.29, 0.717) is 5.69 Å². The average molecular weight is 273 g/mol. The van der Waals surface area contributed by atoms with Gasteiger partial charge in [-0.05, 0) is 36.8 Å². The third-order valence-electron chi connectivity index (χ3n) is 3.44. The highest BCUT2D eigenvalue weighted by Crippen LogP contribution is 2.39. The molecule has 1 unspecified atom stereocenters. The molecule has 0 heterocycles. The number of alkyl halides is 3. The Bertz CT molecular complexity index is 443. The van der Waals surface area contributed by atoms with Crippen LogP contribution in [0.3, 0.4) is 0 Å². The van der Waals surface area contributed by atoms with Crippen LogP contribution >= 0.6 is 0 Å². The normalized spacial score (nSPS) is 22.3. The van der Waals surface area contributed by atoms with Crippen LogP contribution in [0, 0.1) is 5.41 Å². The van der Waals surface area contributed by atoms with Crippen LogP contribution in [0.1, 0.15) is 33.1 Å². The molecule has 1 N–H and O–H groups in total. The zero-order valence-corrected chi connectivity index (χ0v) is 11.1. The fourth-order valence-electron chi connectivity index (χ4n) is 2.58. The number of anilines is 1. The number of hydrogen-bond acceptors (Lipinski definition) is 2. The number of rotatable bonds is 3. The van der Waals surface area contributed by atoms with Crippen molar-refractivity contribution in [2.45, 2.75) is 45.5 Å². The second-order valence-corrected chi connectivity index (χ2v) is 5.79. The van der Waals surface area contributed by atoms with Gasteiger partial charge in [0.1, 0.15) is 0 Å². The summed E-state index contributed by atoms with van der Waals surface area (Å²) >= 11 is 0. The van der Waals surface area contributed by atoms with Gasteiger partial charge < -0.3 is 10.1 Å². The summed E-state index contributed by atoms with van der Waals surface area (Å²) in [6, 6.07) is 6.38. The molecule has 0 amide bonds. The molecule has 0 bridgehead atoms. The number of ether oxygens (including phenoxy) is 1. The Balaban J connectivity index is 2.08. The lowest BCUT2D eigenvalue weighted by Crippen LogP contribution is -2.21. The standard InChI is InChI=1S/C14H18F3NO/c1-13(2)8-7-10(9-13)18-11-5-3-4-6-12(11)19-14(15,16)17/h3-6,10,18H,7-9H2,1-2H3. The summed E-state index contributed by atoms with van der Waals surface area (Å²) in [5.74, 6) is -0.167. The number of halogens is 3. The van der Waals surface area contributed by atoms with Crippen LogP contribution < -0.4 is 10.1 Å². The highest BCUT2D eigenvalue weighted by atomic mass is 19.4. The fourth-order valence-corrected chi connectivity index (χ4v) is 2.58. The lowest BCUT2D eigenvalue weighted by Gasteiger charge is -2.20. The second kappa shape index (κ2) is 4.94. The first-order valence-corrected chi connectivity index (χ1v) is 6.36. The van der Waals surface area contributed by atoms with Gasteiger partial charge in [0.05, 0.1) is 5.69 Å². The predicted molar refractivity (Wildman–Crippen MR) is 68.2 cm³/mol. The number of para-hydroxylation sites is 2. The topological polar surface area (TPSA) is 21.3 Å². The van der Waals surface area contributed by atoms with Gasteiger partial charge in [0.15, 0.2) is 5.75 Å². The molecule has 0 spiro atoms. The lowest BCUT2D eigenvalue weighted by atomic mass is 9.92. The molecule has 0 aliphatic heterocycles. The van der Waals surface area contributed by atoms with Gasteiger partial charge in [-0.3, -0.25) is 0 Å². The Morgan fingerprint density at radius 1 is 1.26 bits per heavy atom. The van der Waals surface area contributed by atoms with E-state index in [1.165, 1.54) is 12.1 Å². The third kappa shape index (κ3) is 4.04. The van der Waals surface area contributed by atoms with Crippen LogP contribution in [0.4, 0.5) is 18.9 Å². The van der Waals surface area contributed by atoms with Crippen LogP contribution in [0.25, 0.3) is 0 Å². The monoisotopic (exact) mass is 273 g/mol. The molecule has 0 radical (unpaired) electrons. The lowest BCUT2D eigenvalue weighted by molar-refractivity contribution is -0.274. The van der Waals surface area contributed by atoms with E-state index in [0.717, 1.165) is 19.3 Å². The van der Waals surface area contributed by atoms with Gasteiger partial charge in [-0.15, -0.1) is 13.2 Å². The molecule has 1 aliphatic rings. The van der Waals surface area contributed by atoms with Crippen LogP contribution in [0.2, 0.25) is 0 Å². The smallest absolute Gasteiger partial charge is 0.404 e. The molecule has 1 aliphatic carbocycles. The summed E-state index contributed by atoms with van der Waals surface area (Å²) in [6.45, 7) is 4.35. The van der Waals surface area contributed by atoms with E-state index in [2.05, 4.69) is 23.9 Å². The Morgan fingerprint density at radius 2 is 1.95 bits per heavy atom. The Hall–Kier alpha value is -1.39. The summed E-state index contributed by atoms with van der Waals surface area (Å²) in [5.41, 5.74) is 0.653. The molecule has 0 saturated heterocycles. The summed E-state index contributed by atoms with van der Waals surface area (Å²) in [5, 5.41) is 3.16. The van der Waals surface area contributed by atoms with Crippen molar-refractivity contribution in [2.75, 3.05) is 5.32 Å². The van der Waals surface area contributed by atoms with Crippen LogP contribution in [-0.2, 0) is 0 Å². The minimum Gasteiger partial charge on any atom is -0.404 e. The van der Waals surface area contributed by atoms with Crippen molar-refractivity contribution in [2.24, 2.45) is 5.41 Å². The molecular formula is C14H18F3NO. The Labute approximate surface area is 111 Å². The van der Waals surface area contributed by atoms with E-state index in [1.54, 1.807) is 12.1 Å². The van der Waals surface area contributed by atoms with Gasteiger partial charge in [-0.2, -0.15) is 0 Å². The van der Waals surface area contributed by atoms with Crippen molar-refractivity contribution in [3.05, 3.63) is 24.3 Å². The van der Waals surface area contributed by atoms with Crippen LogP contribution in [0.15, 0.2) is 24.3 Å². The first kappa shape index (κ1) is 14.0. The molecule has 1 fully saturated rings. The van der Waals surface area contributed by atoms with E-state index >= 15 is 0 Å². The molecule has 5 heteroatoms. The molecule has 0 aromatic heterocycles. The van der Waals surface area contributed by atoms with Crippen LogP contribution in [-0.4, -0.2) is 12.4 Å². The van der Waals surface area contributed by atoms with E-state index in [9.17, 15) is 13.2 Å². The maximum Gasteiger partial charge on any atom is 0.573 e. The Morgan fingerprint density at radius 3 is 2.53 bits per heavy atom. The third-order valence-corrected chi connectivity index (χ3v) is 3.44. The summed E-state index contributed by atoms with van der Waals surface area (Å²) in [6.07, 6.45) is -1.67. The summed E-state index contributed by atoms with van der Waals surface area (Å²) in [4.78, 5) is 0. The molecule has 19 heavy (non-hydrogen) atoms. The molecule has 1 aromatic rings. The van der Waals surface area contributed by atoms with E-state index in [4.69, 9.17) is 0 Å². The first-order valence-electron chi connectivity index (χ1n) is 6.36. The molecule has 106 valence electrons. The molecular weight excluding hydrogens is 255 g/mol. The number of hydrogen-bond donors (Lipinski definition) is 1. The predicted octanol–water partition coefficient (Wildman–Crippen LogP) is 4.58. The van der Waals surface area contributed by atoms with Crippen molar-refractivity contribution < 1.29 is 17.9 Å². The van der Waals surface area contributed by atoms with Crippen molar-refractivity contribution >= 4 is 5.69 Å². The zero-order valence-electron chi connectivity index (χ0n) is 11.1. The minimum absolute atomic E-state index is 0.167. The molecule has 2 rings (SSSR count). The van der Waals surface area contributed by atoms with Crippen molar-refractivity contribution in [3.63, 3.8) is 0 Å². The molecule has 2 nitrogen and oxygen atoms in total. The maximum atomic E-state index is 12.3. The Kier molecular flexibility index (Phi) is 3.65. The summed E-state index contributed by atoms with van der Waals surface area (Å²) < 4.78 is 41.0. The van der Waals surface area contributed by atoms with Gasteiger partial charge in [-0.1, -0.05) is 26.0 Å². The van der Waals surface area contributed by atoms with E-state index in [-0.39, 0.29) is 17.2 Å². The minimum atomic E-state index is -4.66. The van der Waals surface area contributed by atoms with Gasteiger partial charge in [-0.25, -0.2) is 0 Å². The molecule has 1 aromatic carbocycles. The largest absolute Gasteiger partial charge is 0.573 e. The number of benzene rings is 1. The highest BCUT2D eigenvalue weighted by molar-refractivity contribution is 5.57. The van der Waals surface area contributed by atoms with E-state index in [1.807, 2.05) is 0 Å². The maximum absolute atomic E-state index is 12.3. The van der Waals surface area contributed by atoms with Crippen LogP contribution in [0.5, 0.6) is 5.75 Å². The fraction of sp³-hybridized carbons (Fsp3) is 0.571. The van der Waals surface area contributed by atoms with Crippen molar-refractivity contribution in [1.29, 1.82) is 0 Å². The van der Waals surface area contributed by atoms with Gasteiger partial charge in [0, 0.05) is 6.04 Å². The quantitative estimate of drug-likeness (QED) is 0.870. The second-order valence-electron chi connectivity index (χ2n) is 5.79. The van der Waals surface area contributed by atoms with E-state index < -0.39 is 6.36 Å². The first-order chi connectivity index (χ1) is 8.75. The zero-order chi connectivity index (χ0) is 14.1.